The summed E-state index contributed by atoms with van der Waals surface area (Å²) in [5.41, 5.74) is -2.52. The lowest BCUT2D eigenvalue weighted by Crippen LogP contribution is -2.47. The predicted molar refractivity (Wildman–Crippen MR) is 74.4 cm³/mol. The first kappa shape index (κ1) is 18.2. The number of hydrogen-bond donors (Lipinski definition) is 3. The highest BCUT2D eigenvalue weighted by Crippen LogP contribution is 2.35. The molecule has 1 aliphatic rings. The van der Waals surface area contributed by atoms with Crippen molar-refractivity contribution in [2.24, 2.45) is 0 Å². The first-order valence-corrected chi connectivity index (χ1v) is 8.16. The van der Waals surface area contributed by atoms with Gasteiger partial charge in [-0.1, -0.05) is 6.07 Å². The zero-order valence-corrected chi connectivity index (χ0v) is 12.9. The van der Waals surface area contributed by atoms with E-state index in [-0.39, 0.29) is 12.8 Å². The number of carbonyl (C=O) groups excluding carboxylic acids is 1. The number of alkyl halides is 3. The van der Waals surface area contributed by atoms with Crippen molar-refractivity contribution < 1.29 is 36.3 Å². The predicted octanol–water partition coefficient (Wildman–Crippen LogP) is 0.717. The quantitative estimate of drug-likeness (QED) is 0.687. The van der Waals surface area contributed by atoms with E-state index in [1.54, 1.807) is 0 Å². The van der Waals surface area contributed by atoms with Crippen LogP contribution in [0.1, 0.15) is 18.4 Å². The Kier molecular flexibility index (Phi) is 4.59. The largest absolute Gasteiger partial charge is 0.480 e. The zero-order valence-electron chi connectivity index (χ0n) is 12.1. The first-order chi connectivity index (χ1) is 11.0. The highest BCUT2D eigenvalue weighted by molar-refractivity contribution is 7.89. The van der Waals surface area contributed by atoms with Gasteiger partial charge in [0.1, 0.15) is 5.54 Å². The third kappa shape index (κ3) is 4.03. The van der Waals surface area contributed by atoms with Gasteiger partial charge in [-0.05, 0) is 31.0 Å². The summed E-state index contributed by atoms with van der Waals surface area (Å²) in [7, 11) is -4.35. The number of hydrogen-bond acceptors (Lipinski definition) is 4. The number of amides is 1. The van der Waals surface area contributed by atoms with Crippen LogP contribution in [0.15, 0.2) is 29.2 Å². The number of halogens is 3. The maximum atomic E-state index is 12.6. The van der Waals surface area contributed by atoms with E-state index < -0.39 is 50.6 Å². The Morgan fingerprint density at radius 3 is 2.38 bits per heavy atom. The lowest BCUT2D eigenvalue weighted by molar-refractivity contribution is -0.143. The van der Waals surface area contributed by atoms with Crippen molar-refractivity contribution in [1.29, 1.82) is 0 Å². The molecule has 0 spiro atoms. The molecular formula is C13H13F3N2O5S. The standard InChI is InChI=1S/C13H13F3N2O5S/c14-13(15,16)8-2-1-3-9(6-8)24(22,23)17-7-10(19)18-12(4-5-12)11(20)21/h1-3,6,17H,4-5,7H2,(H,18,19)(H,20,21). The van der Waals surface area contributed by atoms with E-state index in [9.17, 15) is 31.2 Å². The van der Waals surface area contributed by atoms with Gasteiger partial charge in [0.25, 0.3) is 0 Å². The number of aliphatic carboxylic acids is 1. The molecule has 1 aromatic rings. The molecule has 24 heavy (non-hydrogen) atoms. The van der Waals surface area contributed by atoms with Gasteiger partial charge in [0.2, 0.25) is 15.9 Å². The lowest BCUT2D eigenvalue weighted by atomic mass is 10.2. The van der Waals surface area contributed by atoms with E-state index in [1.165, 1.54) is 0 Å². The molecule has 0 aliphatic heterocycles. The van der Waals surface area contributed by atoms with Gasteiger partial charge in [0.05, 0.1) is 17.0 Å². The molecule has 0 unspecified atom stereocenters. The Hall–Kier alpha value is -2.14. The zero-order chi connectivity index (χ0) is 18.2. The van der Waals surface area contributed by atoms with Crippen LogP contribution in [0.3, 0.4) is 0 Å². The van der Waals surface area contributed by atoms with Crippen molar-refractivity contribution in [2.75, 3.05) is 6.54 Å². The third-order valence-electron chi connectivity index (χ3n) is 3.43. The minimum Gasteiger partial charge on any atom is -0.480 e. The second-order valence-electron chi connectivity index (χ2n) is 5.29. The molecule has 0 aromatic heterocycles. The van der Waals surface area contributed by atoms with E-state index in [0.717, 1.165) is 18.2 Å². The van der Waals surface area contributed by atoms with Crippen LogP contribution in [0, 0.1) is 0 Å². The molecule has 0 heterocycles. The summed E-state index contributed by atoms with van der Waals surface area (Å²) < 4.78 is 63.6. The van der Waals surface area contributed by atoms with Gasteiger partial charge in [0.15, 0.2) is 0 Å². The maximum Gasteiger partial charge on any atom is 0.416 e. The van der Waals surface area contributed by atoms with Gasteiger partial charge < -0.3 is 10.4 Å². The Labute approximate surface area is 134 Å². The van der Waals surface area contributed by atoms with Crippen LogP contribution in [0.2, 0.25) is 0 Å². The topological polar surface area (TPSA) is 113 Å². The molecular weight excluding hydrogens is 353 g/mol. The minimum absolute atomic E-state index is 0.231. The summed E-state index contributed by atoms with van der Waals surface area (Å²) in [4.78, 5) is 21.9. The van der Waals surface area contributed by atoms with Crippen LogP contribution in [0.25, 0.3) is 0 Å². The molecule has 1 aromatic carbocycles. The van der Waals surface area contributed by atoms with Crippen LogP contribution in [0.4, 0.5) is 13.2 Å². The van der Waals surface area contributed by atoms with Gasteiger partial charge in [-0.2, -0.15) is 13.2 Å². The number of sulfonamides is 1. The maximum absolute atomic E-state index is 12.6. The molecule has 2 rings (SSSR count). The highest BCUT2D eigenvalue weighted by Gasteiger charge is 2.51. The van der Waals surface area contributed by atoms with Gasteiger partial charge in [-0.25, -0.2) is 17.9 Å². The molecule has 1 aliphatic carbocycles. The average molecular weight is 366 g/mol. The molecule has 1 amide bonds. The summed E-state index contributed by atoms with van der Waals surface area (Å²) in [6, 6.07) is 3.05. The molecule has 0 atom stereocenters. The second-order valence-corrected chi connectivity index (χ2v) is 7.05. The molecule has 7 nitrogen and oxygen atoms in total. The molecule has 0 bridgehead atoms. The second kappa shape index (κ2) is 6.06. The molecule has 1 saturated carbocycles. The fraction of sp³-hybridized carbons (Fsp3) is 0.385. The Balaban J connectivity index is 2.04. The Morgan fingerprint density at radius 2 is 1.88 bits per heavy atom. The Morgan fingerprint density at radius 1 is 1.25 bits per heavy atom. The lowest BCUT2D eigenvalue weighted by Gasteiger charge is -2.13. The number of benzene rings is 1. The summed E-state index contributed by atoms with van der Waals surface area (Å²) in [5.74, 6) is -2.11. The number of nitrogens with one attached hydrogen (secondary N) is 2. The van der Waals surface area contributed by atoms with Gasteiger partial charge in [0, 0.05) is 0 Å². The summed E-state index contributed by atoms with van der Waals surface area (Å²) >= 11 is 0. The summed E-state index contributed by atoms with van der Waals surface area (Å²) in [5, 5.41) is 11.1. The van der Waals surface area contributed by atoms with Gasteiger partial charge in [-0.3, -0.25) is 4.79 Å². The van der Waals surface area contributed by atoms with E-state index in [2.05, 4.69) is 5.32 Å². The molecule has 11 heteroatoms. The summed E-state index contributed by atoms with van der Waals surface area (Å²) in [6.07, 6.45) is -4.24. The number of carbonyl (C=O) groups is 2. The van der Waals surface area contributed by atoms with E-state index >= 15 is 0 Å². The van der Waals surface area contributed by atoms with Crippen LogP contribution >= 0.6 is 0 Å². The summed E-state index contributed by atoms with van der Waals surface area (Å²) in [6.45, 7) is -0.784. The van der Waals surface area contributed by atoms with Crippen LogP contribution in [-0.4, -0.2) is 37.5 Å². The van der Waals surface area contributed by atoms with E-state index in [4.69, 9.17) is 5.11 Å². The van der Waals surface area contributed by atoms with Crippen LogP contribution in [-0.2, 0) is 25.8 Å². The fourth-order valence-electron chi connectivity index (χ4n) is 1.91. The van der Waals surface area contributed by atoms with E-state index in [0.29, 0.717) is 6.07 Å². The van der Waals surface area contributed by atoms with Crippen molar-refractivity contribution in [2.45, 2.75) is 29.5 Å². The van der Waals surface area contributed by atoms with Crippen molar-refractivity contribution in [3.05, 3.63) is 29.8 Å². The number of carboxylic acid groups (broad SMARTS) is 1. The fourth-order valence-corrected chi connectivity index (χ4v) is 2.94. The molecule has 3 N–H and O–H groups in total. The first-order valence-electron chi connectivity index (χ1n) is 6.68. The molecule has 0 radical (unpaired) electrons. The van der Waals surface area contributed by atoms with Crippen molar-refractivity contribution in [3.63, 3.8) is 0 Å². The van der Waals surface area contributed by atoms with E-state index in [1.807, 2.05) is 4.72 Å². The molecule has 132 valence electrons. The van der Waals surface area contributed by atoms with Crippen LogP contribution < -0.4 is 10.0 Å². The Bertz CT molecular complexity index is 772. The number of rotatable bonds is 6. The van der Waals surface area contributed by atoms with Gasteiger partial charge in [-0.15, -0.1) is 0 Å². The third-order valence-corrected chi connectivity index (χ3v) is 4.83. The van der Waals surface area contributed by atoms with Crippen molar-refractivity contribution in [1.82, 2.24) is 10.0 Å². The average Bonchev–Trinajstić information content (AvgIpc) is 3.25. The number of carboxylic acids is 1. The minimum atomic E-state index is -4.71. The molecule has 0 saturated heterocycles. The van der Waals surface area contributed by atoms with Crippen molar-refractivity contribution >= 4 is 21.9 Å². The highest BCUT2D eigenvalue weighted by atomic mass is 32.2. The normalized spacial score (nSPS) is 16.5. The van der Waals surface area contributed by atoms with Crippen molar-refractivity contribution in [3.8, 4) is 0 Å². The monoisotopic (exact) mass is 366 g/mol. The smallest absolute Gasteiger partial charge is 0.416 e. The van der Waals surface area contributed by atoms with Gasteiger partial charge >= 0.3 is 12.1 Å². The molecule has 1 fully saturated rings. The van der Waals surface area contributed by atoms with Crippen LogP contribution in [0.5, 0.6) is 0 Å². The SMILES string of the molecule is O=C(CNS(=O)(=O)c1cccc(C(F)(F)F)c1)NC1(C(=O)O)CC1.